The molecule has 3 aliphatic heterocycles. The third kappa shape index (κ3) is 5.26. The number of methoxy groups -OCH3 is 2. The van der Waals surface area contributed by atoms with Crippen LogP contribution >= 0.6 is 12.2 Å². The van der Waals surface area contributed by atoms with E-state index < -0.39 is 0 Å². The molecule has 2 bridgehead atoms. The highest BCUT2D eigenvalue weighted by atomic mass is 32.1. The van der Waals surface area contributed by atoms with Gasteiger partial charge in [-0.1, -0.05) is 0 Å². The molecule has 0 saturated carbocycles. The molecule has 4 unspecified atom stereocenters. The minimum atomic E-state index is 0.453. The normalized spacial score (nSPS) is 22.2. The number of hydrogen-bond donors (Lipinski definition) is 2. The Hall–Kier alpha value is -3.61. The highest BCUT2D eigenvalue weighted by Gasteiger charge is 2.41. The van der Waals surface area contributed by atoms with Crippen molar-refractivity contribution in [3.8, 4) is 28.8 Å². The van der Waals surface area contributed by atoms with Crippen LogP contribution in [-0.4, -0.2) is 59.7 Å². The second kappa shape index (κ2) is 10.8. The fraction of sp³-hybridized carbons (Fsp3) is 0.393. The van der Waals surface area contributed by atoms with E-state index in [0.717, 1.165) is 43.0 Å². The van der Waals surface area contributed by atoms with Gasteiger partial charge in [0.15, 0.2) is 16.6 Å². The Balaban J connectivity index is 1.21. The van der Waals surface area contributed by atoms with Crippen molar-refractivity contribution in [2.45, 2.75) is 24.8 Å². The Labute approximate surface area is 223 Å². The topological polar surface area (TPSA) is 87.4 Å². The summed E-state index contributed by atoms with van der Waals surface area (Å²) in [6, 6.07) is 18.1. The summed E-state index contributed by atoms with van der Waals surface area (Å²) >= 11 is 5.52. The Kier molecular flexibility index (Phi) is 7.31. The average molecular weight is 517 g/mol. The van der Waals surface area contributed by atoms with Gasteiger partial charge in [-0.15, -0.1) is 0 Å². The first-order valence-electron chi connectivity index (χ1n) is 12.5. The van der Waals surface area contributed by atoms with E-state index in [-0.39, 0.29) is 0 Å². The van der Waals surface area contributed by atoms with Crippen molar-refractivity contribution >= 4 is 23.0 Å². The van der Waals surface area contributed by atoms with Gasteiger partial charge in [0.25, 0.3) is 0 Å². The van der Waals surface area contributed by atoms with Crippen molar-refractivity contribution in [2.75, 3.05) is 39.2 Å². The average Bonchev–Trinajstić information content (AvgIpc) is 3.33. The molecule has 0 aliphatic carbocycles. The molecule has 0 radical (unpaired) electrons. The van der Waals surface area contributed by atoms with E-state index in [9.17, 15) is 0 Å². The number of fused-ring (bicyclic) bond motifs is 3. The van der Waals surface area contributed by atoms with E-state index in [1.165, 1.54) is 12.1 Å². The fourth-order valence-corrected chi connectivity index (χ4v) is 5.87. The molecule has 192 valence electrons. The predicted octanol–water partition coefficient (Wildman–Crippen LogP) is 4.14. The maximum atomic E-state index is 8.96. The SMILES string of the molecule is COc1ccc(-c2cc(C3CN4CCC3CC4CNC(=S)Nc3ccc(C#N)cc3)n(C)n2)cc1OC. The van der Waals surface area contributed by atoms with Crippen LogP contribution in [0.3, 0.4) is 0 Å². The van der Waals surface area contributed by atoms with Gasteiger partial charge >= 0.3 is 0 Å². The highest BCUT2D eigenvalue weighted by Crippen LogP contribution is 2.42. The maximum absolute atomic E-state index is 8.96. The number of hydrogen-bond acceptors (Lipinski definition) is 6. The molecule has 0 spiro atoms. The number of anilines is 1. The summed E-state index contributed by atoms with van der Waals surface area (Å²) in [7, 11) is 5.34. The smallest absolute Gasteiger partial charge is 0.170 e. The number of rotatable bonds is 7. The number of nitriles is 1. The van der Waals surface area contributed by atoms with Gasteiger partial charge in [0.05, 0.1) is 31.5 Å². The lowest BCUT2D eigenvalue weighted by molar-refractivity contribution is 0.0303. The summed E-state index contributed by atoms with van der Waals surface area (Å²) in [5.74, 6) is 2.49. The van der Waals surface area contributed by atoms with Crippen LogP contribution in [-0.2, 0) is 7.05 Å². The Morgan fingerprint density at radius 3 is 2.59 bits per heavy atom. The van der Waals surface area contributed by atoms with Crippen molar-refractivity contribution in [3.63, 3.8) is 0 Å². The first-order valence-corrected chi connectivity index (χ1v) is 12.9. The van der Waals surface area contributed by atoms with Gasteiger partial charge in [-0.2, -0.15) is 10.4 Å². The predicted molar refractivity (Wildman–Crippen MR) is 148 cm³/mol. The molecule has 3 aliphatic rings. The molecule has 2 aromatic carbocycles. The molecule has 8 nitrogen and oxygen atoms in total. The number of nitrogens with zero attached hydrogens (tertiary/aromatic N) is 4. The molecule has 1 aromatic heterocycles. The summed E-state index contributed by atoms with van der Waals surface area (Å²) in [6.45, 7) is 2.95. The minimum Gasteiger partial charge on any atom is -0.493 e. The van der Waals surface area contributed by atoms with E-state index in [4.69, 9.17) is 32.1 Å². The zero-order chi connectivity index (χ0) is 25.9. The lowest BCUT2D eigenvalue weighted by atomic mass is 9.74. The summed E-state index contributed by atoms with van der Waals surface area (Å²) in [5.41, 5.74) is 4.76. The van der Waals surface area contributed by atoms with Crippen LogP contribution in [0.1, 0.15) is 30.0 Å². The van der Waals surface area contributed by atoms with Gasteiger partial charge in [-0.25, -0.2) is 0 Å². The van der Waals surface area contributed by atoms with Crippen LogP contribution in [0.15, 0.2) is 48.5 Å². The summed E-state index contributed by atoms with van der Waals surface area (Å²) < 4.78 is 12.9. The summed E-state index contributed by atoms with van der Waals surface area (Å²) in [6.07, 6.45) is 2.33. The van der Waals surface area contributed by atoms with E-state index in [0.29, 0.717) is 40.1 Å². The maximum Gasteiger partial charge on any atom is 0.170 e. The van der Waals surface area contributed by atoms with Gasteiger partial charge in [0.1, 0.15) is 0 Å². The molecule has 3 fully saturated rings. The quantitative estimate of drug-likeness (QED) is 0.453. The van der Waals surface area contributed by atoms with Crippen molar-refractivity contribution in [2.24, 2.45) is 13.0 Å². The largest absolute Gasteiger partial charge is 0.493 e. The fourth-order valence-electron chi connectivity index (χ4n) is 5.66. The summed E-state index contributed by atoms with van der Waals surface area (Å²) in [4.78, 5) is 2.59. The molecule has 3 aromatic rings. The van der Waals surface area contributed by atoms with Crippen molar-refractivity contribution in [1.82, 2.24) is 20.0 Å². The lowest BCUT2D eigenvalue weighted by Crippen LogP contribution is -2.56. The van der Waals surface area contributed by atoms with Crippen LogP contribution in [0.25, 0.3) is 11.3 Å². The van der Waals surface area contributed by atoms with Crippen molar-refractivity contribution < 1.29 is 9.47 Å². The molecule has 4 heterocycles. The molecule has 0 amide bonds. The van der Waals surface area contributed by atoms with Gasteiger partial charge in [-0.3, -0.25) is 9.58 Å². The highest BCUT2D eigenvalue weighted by molar-refractivity contribution is 7.80. The standard InChI is InChI=1S/C28H32N6O2S/c1-33-25(14-24(32-33)20-6-9-26(35-2)27(13-20)36-3)23-17-34-11-10-19(23)12-22(34)16-30-28(37)31-21-7-4-18(15-29)5-8-21/h4-9,13-14,19,22-23H,10-12,16-17H2,1-3H3,(H2,30,31,37). The second-order valence-corrected chi connectivity index (χ2v) is 10.1. The third-order valence-electron chi connectivity index (χ3n) is 7.62. The second-order valence-electron chi connectivity index (χ2n) is 9.71. The van der Waals surface area contributed by atoms with Crippen LogP contribution in [0.2, 0.25) is 0 Å². The van der Waals surface area contributed by atoms with E-state index in [1.54, 1.807) is 26.4 Å². The van der Waals surface area contributed by atoms with Gasteiger partial charge < -0.3 is 20.1 Å². The third-order valence-corrected chi connectivity index (χ3v) is 7.87. The van der Waals surface area contributed by atoms with E-state index in [2.05, 4.69) is 27.7 Å². The number of nitrogens with one attached hydrogen (secondary N) is 2. The number of piperidine rings is 3. The Morgan fingerprint density at radius 2 is 1.92 bits per heavy atom. The lowest BCUT2D eigenvalue weighted by Gasteiger charge is -2.50. The van der Waals surface area contributed by atoms with Gasteiger partial charge in [0, 0.05) is 49.0 Å². The van der Waals surface area contributed by atoms with Crippen LogP contribution < -0.4 is 20.1 Å². The number of ether oxygens (including phenoxy) is 2. The van der Waals surface area contributed by atoms with Crippen LogP contribution in [0.5, 0.6) is 11.5 Å². The van der Waals surface area contributed by atoms with Crippen LogP contribution in [0, 0.1) is 17.2 Å². The van der Waals surface area contributed by atoms with Gasteiger partial charge in [0.2, 0.25) is 0 Å². The van der Waals surface area contributed by atoms with Crippen molar-refractivity contribution in [3.05, 3.63) is 59.8 Å². The molecule has 3 saturated heterocycles. The zero-order valence-electron chi connectivity index (χ0n) is 21.4. The minimum absolute atomic E-state index is 0.453. The Morgan fingerprint density at radius 1 is 1.14 bits per heavy atom. The number of aryl methyl sites for hydroxylation is 1. The zero-order valence-corrected chi connectivity index (χ0v) is 22.2. The van der Waals surface area contributed by atoms with E-state index >= 15 is 0 Å². The van der Waals surface area contributed by atoms with Crippen LogP contribution in [0.4, 0.5) is 5.69 Å². The van der Waals surface area contributed by atoms with Crippen molar-refractivity contribution in [1.29, 1.82) is 5.26 Å². The summed E-state index contributed by atoms with van der Waals surface area (Å²) in [5, 5.41) is 21.0. The molecule has 6 rings (SSSR count). The van der Waals surface area contributed by atoms with E-state index in [1.807, 2.05) is 42.1 Å². The number of aromatic nitrogens is 2. The Bertz CT molecular complexity index is 1320. The molecular weight excluding hydrogens is 484 g/mol. The van der Waals surface area contributed by atoms with Gasteiger partial charge in [-0.05, 0) is 86.1 Å². The molecule has 9 heteroatoms. The first kappa shape index (κ1) is 25.1. The first-order chi connectivity index (χ1) is 18.0. The molecule has 2 N–H and O–H groups in total. The number of benzene rings is 2. The molecule has 4 atom stereocenters. The molecular formula is C28H32N6O2S. The molecule has 37 heavy (non-hydrogen) atoms. The number of thiocarbonyl (C=S) groups is 1. The monoisotopic (exact) mass is 516 g/mol.